The Labute approximate surface area is 203 Å². The summed E-state index contributed by atoms with van der Waals surface area (Å²) in [6.45, 7) is 1.62. The number of halogens is 1. The first-order chi connectivity index (χ1) is 17.6. The number of carbonyl (C=O) groups excluding carboxylic acids is 2. The molecule has 5 aromatic rings. The van der Waals surface area contributed by atoms with Crippen molar-refractivity contribution in [3.05, 3.63) is 72.8 Å². The van der Waals surface area contributed by atoms with Crippen LogP contribution in [0.2, 0.25) is 0 Å². The molecule has 36 heavy (non-hydrogen) atoms. The predicted molar refractivity (Wildman–Crippen MR) is 124 cm³/mol. The number of Topliss-reactive ketones (excluding diaryl/α,β-unsaturated/α-hetero) is 1. The summed E-state index contributed by atoms with van der Waals surface area (Å²) in [5.41, 5.74) is 1.14. The Bertz CT molecular complexity index is 1550. The van der Waals surface area contributed by atoms with E-state index in [1.54, 1.807) is 12.5 Å². The van der Waals surface area contributed by atoms with Crippen molar-refractivity contribution in [1.29, 1.82) is 0 Å². The average molecular weight is 487 g/mol. The largest absolute Gasteiger partial charge is 0.418 e. The number of aromatic nitrogens is 8. The van der Waals surface area contributed by atoms with Gasteiger partial charge in [0.1, 0.15) is 5.69 Å². The van der Waals surface area contributed by atoms with E-state index in [2.05, 4.69) is 30.4 Å². The molecule has 6 rings (SSSR count). The van der Waals surface area contributed by atoms with Gasteiger partial charge in [0, 0.05) is 6.20 Å². The highest BCUT2D eigenvalue weighted by atomic mass is 19.1. The number of aromatic amines is 2. The number of amides is 1. The molecule has 1 fully saturated rings. The third-order valence-electron chi connectivity index (χ3n) is 6.15. The maximum atomic E-state index is 14.7. The quantitative estimate of drug-likeness (QED) is 0.213. The molecule has 1 amide bonds. The number of fused-ring (bicyclic) bond motifs is 1. The molecule has 0 aliphatic carbocycles. The number of nitrogens with one attached hydrogen (secondary N) is 2. The van der Waals surface area contributed by atoms with Crippen molar-refractivity contribution >= 4 is 28.5 Å². The van der Waals surface area contributed by atoms with Crippen LogP contribution in [0.5, 0.6) is 0 Å². The number of H-pyrrole nitrogens is 2. The van der Waals surface area contributed by atoms with Crippen LogP contribution in [0.3, 0.4) is 0 Å². The second kappa shape index (κ2) is 8.69. The summed E-state index contributed by atoms with van der Waals surface area (Å²) in [5.74, 6) is -1.20. The van der Waals surface area contributed by atoms with Crippen molar-refractivity contribution in [2.24, 2.45) is 0 Å². The zero-order valence-corrected chi connectivity index (χ0v) is 18.9. The maximum Gasteiger partial charge on any atom is 0.418 e. The van der Waals surface area contributed by atoms with Gasteiger partial charge in [-0.25, -0.2) is 19.2 Å². The number of rotatable bonds is 5. The van der Waals surface area contributed by atoms with Gasteiger partial charge < -0.3 is 9.88 Å². The van der Waals surface area contributed by atoms with E-state index in [0.29, 0.717) is 32.1 Å². The van der Waals surface area contributed by atoms with E-state index in [1.807, 2.05) is 39.9 Å². The highest BCUT2D eigenvalue weighted by Gasteiger charge is 2.33. The predicted octanol–water partition coefficient (Wildman–Crippen LogP) is 0.814. The molecule has 180 valence electrons. The second-order valence-electron chi connectivity index (χ2n) is 8.20. The minimum atomic E-state index is -0.788. The van der Waals surface area contributed by atoms with E-state index in [-0.39, 0.29) is 22.3 Å². The lowest BCUT2D eigenvalue weighted by Gasteiger charge is -2.30. The maximum absolute atomic E-state index is 14.7. The summed E-state index contributed by atoms with van der Waals surface area (Å²) in [6, 6.07) is 9.74. The van der Waals surface area contributed by atoms with E-state index in [9.17, 15) is 14.0 Å². The monoisotopic (exact) mass is 487 g/mol. The normalized spacial score (nSPS) is 13.9. The molecule has 1 aliphatic heterocycles. The summed E-state index contributed by atoms with van der Waals surface area (Å²) >= 11 is 0. The third-order valence-corrected chi connectivity index (χ3v) is 6.15. The summed E-state index contributed by atoms with van der Waals surface area (Å²) in [4.78, 5) is 41.1. The Hall–Kier alpha value is -4.94. The van der Waals surface area contributed by atoms with E-state index < -0.39 is 17.5 Å². The fourth-order valence-corrected chi connectivity index (χ4v) is 4.39. The molecule has 0 unspecified atom stereocenters. The van der Waals surface area contributed by atoms with Gasteiger partial charge in [0.15, 0.2) is 18.0 Å². The molecule has 12 nitrogen and oxygen atoms in total. The first kappa shape index (κ1) is 21.6. The lowest BCUT2D eigenvalue weighted by Crippen LogP contribution is -2.53. The van der Waals surface area contributed by atoms with Crippen molar-refractivity contribution in [1.82, 2.24) is 39.9 Å². The molecular weight excluding hydrogens is 467 g/mol. The summed E-state index contributed by atoms with van der Waals surface area (Å²) in [7, 11) is 0. The van der Waals surface area contributed by atoms with Crippen LogP contribution in [0.4, 0.5) is 10.3 Å². The molecule has 0 spiro atoms. The second-order valence-corrected chi connectivity index (χ2v) is 8.20. The van der Waals surface area contributed by atoms with Crippen LogP contribution in [-0.2, 0) is 4.79 Å². The Morgan fingerprint density at radius 1 is 1.06 bits per heavy atom. The lowest BCUT2D eigenvalue weighted by molar-refractivity contribution is -0.644. The van der Waals surface area contributed by atoms with Crippen molar-refractivity contribution in [3.8, 4) is 11.5 Å². The number of nitrogens with zero attached hydrogens (tertiary/aromatic N) is 8. The molecule has 1 saturated heterocycles. The van der Waals surface area contributed by atoms with Crippen LogP contribution in [0, 0.1) is 5.82 Å². The topological polar surface area (TPSA) is 133 Å². The van der Waals surface area contributed by atoms with Crippen molar-refractivity contribution in [3.63, 3.8) is 0 Å². The highest BCUT2D eigenvalue weighted by Crippen LogP contribution is 2.26. The smallest absolute Gasteiger partial charge is 0.357 e. The molecule has 2 N–H and O–H groups in total. The van der Waals surface area contributed by atoms with E-state index in [0.717, 1.165) is 11.9 Å². The van der Waals surface area contributed by atoms with Crippen LogP contribution in [0.25, 0.3) is 22.4 Å². The number of piperazine rings is 1. The van der Waals surface area contributed by atoms with Gasteiger partial charge in [-0.1, -0.05) is 28.4 Å². The van der Waals surface area contributed by atoms with E-state index in [4.69, 9.17) is 0 Å². The number of anilines is 1. The number of hydrogen-bond donors (Lipinski definition) is 2. The number of pyridine rings is 1. The molecule has 0 bridgehead atoms. The van der Waals surface area contributed by atoms with Gasteiger partial charge in [-0.3, -0.25) is 14.5 Å². The fourth-order valence-electron chi connectivity index (χ4n) is 4.39. The molecule has 13 heteroatoms. The van der Waals surface area contributed by atoms with Gasteiger partial charge in [0.05, 0.1) is 61.2 Å². The van der Waals surface area contributed by atoms with Gasteiger partial charge in [-0.05, 0) is 12.1 Å². The molecular formula is C23H20FN10O2+. The number of para-hydroxylation sites is 1. The first-order valence-electron chi connectivity index (χ1n) is 11.2. The minimum absolute atomic E-state index is 0.00656. The number of hydrogen-bond acceptors (Lipinski definition) is 7. The minimum Gasteiger partial charge on any atom is -0.357 e. The van der Waals surface area contributed by atoms with Crippen molar-refractivity contribution in [2.75, 3.05) is 31.1 Å². The van der Waals surface area contributed by atoms with Gasteiger partial charge in [0.25, 0.3) is 11.7 Å². The van der Waals surface area contributed by atoms with Crippen LogP contribution < -0.4 is 9.58 Å². The van der Waals surface area contributed by atoms with Crippen molar-refractivity contribution < 1.29 is 18.7 Å². The molecule has 0 radical (unpaired) electrons. The SMILES string of the molecule is O=C(C(=O)N1CCN(c2nc[nH][n+]2-c2ccccc2)CC1)c1c[nH]c2c(-n3ccnn3)ncc(F)c12. The number of benzene rings is 1. The summed E-state index contributed by atoms with van der Waals surface area (Å²) in [5, 5.41) is 10.7. The van der Waals surface area contributed by atoms with Crippen LogP contribution >= 0.6 is 0 Å². The zero-order valence-electron chi connectivity index (χ0n) is 18.9. The molecule has 1 aliphatic rings. The van der Waals surface area contributed by atoms with E-state index >= 15 is 0 Å². The first-order valence-corrected chi connectivity index (χ1v) is 11.2. The molecule has 1 aromatic carbocycles. The van der Waals surface area contributed by atoms with Crippen LogP contribution in [-0.4, -0.2) is 77.8 Å². The van der Waals surface area contributed by atoms with E-state index in [1.165, 1.54) is 22.0 Å². The van der Waals surface area contributed by atoms with Gasteiger partial charge in [0.2, 0.25) is 0 Å². The number of ketones is 1. The number of carbonyl (C=O) groups is 2. The van der Waals surface area contributed by atoms with Gasteiger partial charge >= 0.3 is 5.95 Å². The zero-order chi connectivity index (χ0) is 24.6. The standard InChI is InChI=1S/C23H19FN10O2/c24-17-13-26-21(33-7-6-28-30-33)19-18(17)16(12-25-19)20(35)22(36)31-8-10-32(11-9-31)23-27-14-29-34(23)15-4-2-1-3-5-15/h1-7,12-14H,8-11H2,(H,25,26,35)/p+1. The van der Waals surface area contributed by atoms with Crippen LogP contribution in [0.1, 0.15) is 10.4 Å². The summed E-state index contributed by atoms with van der Waals surface area (Å²) in [6.07, 6.45) is 6.95. The van der Waals surface area contributed by atoms with Crippen molar-refractivity contribution in [2.45, 2.75) is 0 Å². The average Bonchev–Trinajstić information content (AvgIpc) is 3.70. The molecule has 4 aromatic heterocycles. The van der Waals surface area contributed by atoms with Gasteiger partial charge in [-0.15, -0.1) is 9.78 Å². The summed E-state index contributed by atoms with van der Waals surface area (Å²) < 4.78 is 17.9. The Kier molecular flexibility index (Phi) is 5.21. The van der Waals surface area contributed by atoms with Crippen LogP contribution in [0.15, 0.2) is 61.4 Å². The Morgan fingerprint density at radius 3 is 2.61 bits per heavy atom. The lowest BCUT2D eigenvalue weighted by atomic mass is 10.1. The molecule has 0 atom stereocenters. The highest BCUT2D eigenvalue weighted by molar-refractivity contribution is 6.45. The third kappa shape index (κ3) is 3.57. The molecule has 0 saturated carbocycles. The Balaban J connectivity index is 1.21. The molecule has 5 heterocycles. The Morgan fingerprint density at radius 2 is 1.86 bits per heavy atom. The van der Waals surface area contributed by atoms with Gasteiger partial charge in [-0.2, -0.15) is 0 Å². The fraction of sp³-hybridized carbons (Fsp3) is 0.174.